The van der Waals surface area contributed by atoms with Crippen LogP contribution in [-0.4, -0.2) is 18.0 Å². The van der Waals surface area contributed by atoms with Crippen molar-refractivity contribution in [3.05, 3.63) is 107 Å². The van der Waals surface area contributed by atoms with Gasteiger partial charge in [0.25, 0.3) is 11.8 Å². The molecular formula is C23H18FN3O2. The van der Waals surface area contributed by atoms with Crippen molar-refractivity contribution < 1.29 is 14.0 Å². The average Bonchev–Trinajstić information content (AvgIpc) is 2.74. The van der Waals surface area contributed by atoms with Crippen molar-refractivity contribution in [2.75, 3.05) is 5.32 Å². The third kappa shape index (κ3) is 5.97. The van der Waals surface area contributed by atoms with E-state index in [0.29, 0.717) is 16.8 Å². The molecule has 0 aliphatic carbocycles. The summed E-state index contributed by atoms with van der Waals surface area (Å²) in [4.78, 5) is 24.4. The number of rotatable bonds is 6. The SMILES string of the molecule is O=C(NN=CC=Cc1ccccc1)c1cccc(NC(=O)c2ccc(F)cc2)c1. The second-order valence-electron chi connectivity index (χ2n) is 6.03. The average molecular weight is 387 g/mol. The topological polar surface area (TPSA) is 70.6 Å². The Kier molecular flexibility index (Phi) is 6.62. The Morgan fingerprint density at radius 3 is 2.34 bits per heavy atom. The molecule has 0 saturated heterocycles. The third-order valence-electron chi connectivity index (χ3n) is 3.90. The summed E-state index contributed by atoms with van der Waals surface area (Å²) in [6.07, 6.45) is 5.06. The van der Waals surface area contributed by atoms with E-state index in [1.165, 1.54) is 36.5 Å². The van der Waals surface area contributed by atoms with Gasteiger partial charge in [-0.2, -0.15) is 5.10 Å². The predicted molar refractivity (Wildman–Crippen MR) is 112 cm³/mol. The maximum Gasteiger partial charge on any atom is 0.271 e. The fraction of sp³-hybridized carbons (Fsp3) is 0. The molecule has 0 radical (unpaired) electrons. The highest BCUT2D eigenvalue weighted by atomic mass is 19.1. The van der Waals surface area contributed by atoms with Crippen LogP contribution in [0.5, 0.6) is 0 Å². The zero-order valence-electron chi connectivity index (χ0n) is 15.4. The zero-order chi connectivity index (χ0) is 20.5. The quantitative estimate of drug-likeness (QED) is 0.483. The van der Waals surface area contributed by atoms with Gasteiger partial charge in [-0.1, -0.05) is 42.5 Å². The Hall–Kier alpha value is -4.06. The lowest BCUT2D eigenvalue weighted by Gasteiger charge is -2.07. The van der Waals surface area contributed by atoms with Crippen molar-refractivity contribution in [1.29, 1.82) is 0 Å². The van der Waals surface area contributed by atoms with Gasteiger partial charge in [0, 0.05) is 23.0 Å². The van der Waals surface area contributed by atoms with Gasteiger partial charge in [0.05, 0.1) is 0 Å². The van der Waals surface area contributed by atoms with Gasteiger partial charge < -0.3 is 5.32 Å². The van der Waals surface area contributed by atoms with Crippen molar-refractivity contribution >= 4 is 29.8 Å². The number of nitrogens with zero attached hydrogens (tertiary/aromatic N) is 1. The Balaban J connectivity index is 1.57. The first-order chi connectivity index (χ1) is 14.1. The van der Waals surface area contributed by atoms with Gasteiger partial charge in [-0.25, -0.2) is 9.82 Å². The van der Waals surface area contributed by atoms with E-state index in [4.69, 9.17) is 0 Å². The molecule has 144 valence electrons. The van der Waals surface area contributed by atoms with Crippen LogP contribution in [-0.2, 0) is 0 Å². The summed E-state index contributed by atoms with van der Waals surface area (Å²) in [6.45, 7) is 0. The molecule has 3 aromatic carbocycles. The van der Waals surface area contributed by atoms with E-state index >= 15 is 0 Å². The van der Waals surface area contributed by atoms with E-state index in [2.05, 4.69) is 15.8 Å². The van der Waals surface area contributed by atoms with Gasteiger partial charge in [0.15, 0.2) is 0 Å². The lowest BCUT2D eigenvalue weighted by Crippen LogP contribution is -2.18. The minimum Gasteiger partial charge on any atom is -0.322 e. The molecule has 29 heavy (non-hydrogen) atoms. The predicted octanol–water partition coefficient (Wildman–Crippen LogP) is 4.51. The van der Waals surface area contributed by atoms with E-state index in [9.17, 15) is 14.0 Å². The highest BCUT2D eigenvalue weighted by molar-refractivity contribution is 6.05. The normalized spacial score (nSPS) is 10.9. The summed E-state index contributed by atoms with van der Waals surface area (Å²) < 4.78 is 13.0. The van der Waals surface area contributed by atoms with Crippen molar-refractivity contribution in [3.63, 3.8) is 0 Å². The summed E-state index contributed by atoms with van der Waals surface area (Å²) in [6, 6.07) is 21.3. The van der Waals surface area contributed by atoms with Crippen LogP contribution in [0.1, 0.15) is 26.3 Å². The molecular weight excluding hydrogens is 369 g/mol. The second-order valence-corrected chi connectivity index (χ2v) is 6.03. The molecule has 2 N–H and O–H groups in total. The Bertz CT molecular complexity index is 1050. The van der Waals surface area contributed by atoms with E-state index in [-0.39, 0.29) is 0 Å². The molecule has 0 unspecified atom stereocenters. The number of halogens is 1. The first kappa shape index (κ1) is 19.7. The van der Waals surface area contributed by atoms with Crippen LogP contribution in [0.4, 0.5) is 10.1 Å². The number of amides is 2. The van der Waals surface area contributed by atoms with E-state index in [1.807, 2.05) is 36.4 Å². The summed E-state index contributed by atoms with van der Waals surface area (Å²) >= 11 is 0. The minimum atomic E-state index is -0.417. The summed E-state index contributed by atoms with van der Waals surface area (Å²) in [5.74, 6) is -1.22. The molecule has 5 nitrogen and oxygen atoms in total. The molecule has 0 saturated carbocycles. The van der Waals surface area contributed by atoms with E-state index < -0.39 is 17.6 Å². The highest BCUT2D eigenvalue weighted by Crippen LogP contribution is 2.13. The lowest BCUT2D eigenvalue weighted by molar-refractivity contribution is 0.0953. The molecule has 0 heterocycles. The summed E-state index contributed by atoms with van der Waals surface area (Å²) in [5, 5.41) is 6.55. The fourth-order valence-corrected chi connectivity index (χ4v) is 2.46. The number of allylic oxidation sites excluding steroid dienone is 1. The smallest absolute Gasteiger partial charge is 0.271 e. The molecule has 0 spiro atoms. The Morgan fingerprint density at radius 1 is 0.828 bits per heavy atom. The van der Waals surface area contributed by atoms with Gasteiger partial charge in [0.1, 0.15) is 5.82 Å². The zero-order valence-corrected chi connectivity index (χ0v) is 15.4. The molecule has 0 aliphatic heterocycles. The Labute approximate surface area is 167 Å². The van der Waals surface area contributed by atoms with Gasteiger partial charge in [-0.15, -0.1) is 0 Å². The van der Waals surface area contributed by atoms with E-state index in [0.717, 1.165) is 5.56 Å². The minimum absolute atomic E-state index is 0.316. The molecule has 3 aromatic rings. The first-order valence-corrected chi connectivity index (χ1v) is 8.84. The number of hydrogen-bond donors (Lipinski definition) is 2. The van der Waals surface area contributed by atoms with Gasteiger partial charge >= 0.3 is 0 Å². The first-order valence-electron chi connectivity index (χ1n) is 8.84. The van der Waals surface area contributed by atoms with Crippen molar-refractivity contribution in [2.24, 2.45) is 5.10 Å². The van der Waals surface area contributed by atoms with Crippen LogP contribution >= 0.6 is 0 Å². The molecule has 0 atom stereocenters. The van der Waals surface area contributed by atoms with Crippen LogP contribution in [0.3, 0.4) is 0 Å². The molecule has 3 rings (SSSR count). The second kappa shape index (κ2) is 9.75. The lowest BCUT2D eigenvalue weighted by atomic mass is 10.1. The van der Waals surface area contributed by atoms with Crippen molar-refractivity contribution in [1.82, 2.24) is 5.43 Å². The number of benzene rings is 3. The number of carbonyl (C=O) groups is 2. The molecule has 6 heteroatoms. The molecule has 0 aliphatic rings. The van der Waals surface area contributed by atoms with Crippen LogP contribution in [0, 0.1) is 5.82 Å². The fourth-order valence-electron chi connectivity index (χ4n) is 2.46. The number of nitrogens with one attached hydrogen (secondary N) is 2. The van der Waals surface area contributed by atoms with Crippen molar-refractivity contribution in [3.8, 4) is 0 Å². The number of hydrogen-bond acceptors (Lipinski definition) is 3. The third-order valence-corrected chi connectivity index (χ3v) is 3.90. The number of hydrazone groups is 1. The number of carbonyl (C=O) groups excluding carboxylic acids is 2. The maximum absolute atomic E-state index is 13.0. The highest BCUT2D eigenvalue weighted by Gasteiger charge is 2.09. The standard InChI is InChI=1S/C23H18FN3O2/c24-20-13-11-18(12-14-20)22(28)26-21-10-4-9-19(16-21)23(29)27-25-15-5-8-17-6-2-1-3-7-17/h1-16H,(H,26,28)(H,27,29). The number of anilines is 1. The van der Waals surface area contributed by atoms with Crippen molar-refractivity contribution in [2.45, 2.75) is 0 Å². The summed E-state index contributed by atoms with van der Waals surface area (Å²) in [7, 11) is 0. The Morgan fingerprint density at radius 2 is 1.59 bits per heavy atom. The van der Waals surface area contributed by atoms with E-state index in [1.54, 1.807) is 24.3 Å². The maximum atomic E-state index is 13.0. The molecule has 2 amide bonds. The van der Waals surface area contributed by atoms with Gasteiger partial charge in [0.2, 0.25) is 0 Å². The van der Waals surface area contributed by atoms with Crippen LogP contribution in [0.25, 0.3) is 6.08 Å². The summed E-state index contributed by atoms with van der Waals surface area (Å²) in [5.41, 5.74) is 4.55. The monoisotopic (exact) mass is 387 g/mol. The molecule has 0 bridgehead atoms. The van der Waals surface area contributed by atoms with Gasteiger partial charge in [-0.3, -0.25) is 9.59 Å². The van der Waals surface area contributed by atoms with Crippen LogP contribution in [0.2, 0.25) is 0 Å². The largest absolute Gasteiger partial charge is 0.322 e. The van der Waals surface area contributed by atoms with Crippen LogP contribution < -0.4 is 10.7 Å². The molecule has 0 aromatic heterocycles. The van der Waals surface area contributed by atoms with Gasteiger partial charge in [-0.05, 0) is 54.1 Å². The molecule has 0 fully saturated rings. The van der Waals surface area contributed by atoms with Crippen LogP contribution in [0.15, 0.2) is 90.0 Å².